The SMILES string of the molecule is Cc1ccccc1-c1ccc(N(c2ccccc2)c2ccc(-c3ccc(N(c4ccccc4)c4ccc5c(c4)C(C)(C)c4ccccc4-5)cc3C)c(C)c2)cc1C. The van der Waals surface area contributed by atoms with E-state index in [1.54, 1.807) is 0 Å². The Morgan fingerprint density at radius 3 is 1.09 bits per heavy atom. The van der Waals surface area contributed by atoms with Gasteiger partial charge < -0.3 is 9.80 Å². The largest absolute Gasteiger partial charge is 0.310 e. The maximum Gasteiger partial charge on any atom is 0.0465 e. The first-order valence-electron chi connectivity index (χ1n) is 20.0. The molecule has 2 nitrogen and oxygen atoms in total. The summed E-state index contributed by atoms with van der Waals surface area (Å²) in [6.07, 6.45) is 0. The molecule has 0 spiro atoms. The molecule has 8 aromatic carbocycles. The minimum Gasteiger partial charge on any atom is -0.310 e. The number of hydrogen-bond donors (Lipinski definition) is 0. The van der Waals surface area contributed by atoms with E-state index in [0.717, 1.165) is 34.1 Å². The molecule has 9 rings (SSSR count). The van der Waals surface area contributed by atoms with E-state index < -0.39 is 0 Å². The predicted octanol–water partition coefficient (Wildman–Crippen LogP) is 15.5. The van der Waals surface area contributed by atoms with Crippen LogP contribution in [-0.4, -0.2) is 0 Å². The molecular formula is C55H48N2. The van der Waals surface area contributed by atoms with Gasteiger partial charge >= 0.3 is 0 Å². The molecule has 0 atom stereocenters. The van der Waals surface area contributed by atoms with Gasteiger partial charge in [0.1, 0.15) is 0 Å². The van der Waals surface area contributed by atoms with Gasteiger partial charge in [0, 0.05) is 39.5 Å². The van der Waals surface area contributed by atoms with Gasteiger partial charge in [-0.2, -0.15) is 0 Å². The van der Waals surface area contributed by atoms with Gasteiger partial charge in [0.25, 0.3) is 0 Å². The van der Waals surface area contributed by atoms with Crippen LogP contribution < -0.4 is 9.80 Å². The summed E-state index contributed by atoms with van der Waals surface area (Å²) in [4.78, 5) is 4.77. The number of benzene rings is 8. The van der Waals surface area contributed by atoms with E-state index in [1.807, 2.05) is 0 Å². The zero-order valence-corrected chi connectivity index (χ0v) is 33.7. The lowest BCUT2D eigenvalue weighted by Gasteiger charge is -2.29. The summed E-state index contributed by atoms with van der Waals surface area (Å²) in [5, 5.41) is 0. The van der Waals surface area contributed by atoms with Crippen molar-refractivity contribution in [3.63, 3.8) is 0 Å². The van der Waals surface area contributed by atoms with Crippen LogP contribution in [0.1, 0.15) is 47.2 Å². The molecule has 0 heterocycles. The second kappa shape index (κ2) is 14.5. The third-order valence-corrected chi connectivity index (χ3v) is 12.0. The normalized spacial score (nSPS) is 12.5. The van der Waals surface area contributed by atoms with Gasteiger partial charge in [-0.25, -0.2) is 0 Å². The first-order valence-corrected chi connectivity index (χ1v) is 20.0. The average Bonchev–Trinajstić information content (AvgIpc) is 3.45. The molecule has 1 aliphatic carbocycles. The van der Waals surface area contributed by atoms with Gasteiger partial charge in [-0.3, -0.25) is 0 Å². The summed E-state index contributed by atoms with van der Waals surface area (Å²) in [5.41, 5.74) is 22.3. The molecule has 278 valence electrons. The van der Waals surface area contributed by atoms with Crippen LogP contribution in [0.4, 0.5) is 34.1 Å². The van der Waals surface area contributed by atoms with E-state index in [9.17, 15) is 0 Å². The molecule has 0 aliphatic heterocycles. The Bertz CT molecular complexity index is 2760. The molecular weight excluding hydrogens is 689 g/mol. The first-order chi connectivity index (χ1) is 27.7. The fourth-order valence-electron chi connectivity index (χ4n) is 9.02. The van der Waals surface area contributed by atoms with Crippen LogP contribution in [0.2, 0.25) is 0 Å². The summed E-state index contributed by atoms with van der Waals surface area (Å²) in [7, 11) is 0. The zero-order valence-electron chi connectivity index (χ0n) is 33.7. The van der Waals surface area contributed by atoms with E-state index in [1.165, 1.54) is 66.8 Å². The molecule has 0 radical (unpaired) electrons. The van der Waals surface area contributed by atoms with Crippen molar-refractivity contribution in [3.05, 3.63) is 215 Å². The van der Waals surface area contributed by atoms with Crippen LogP contribution in [0.3, 0.4) is 0 Å². The standard InChI is InChI=1S/C55H48N2/c1-37-17-13-14-22-47(37)48-29-25-43(33-38(48)2)56(41-18-9-7-10-19-41)44-26-30-49(39(3)34-44)50-31-27-45(35-40(50)4)57(42-20-11-8-12-21-42)46-28-32-52-51-23-15-16-24-53(51)55(5,6)54(52)36-46/h7-36H,1-6H3. The van der Waals surface area contributed by atoms with E-state index in [0.29, 0.717) is 0 Å². The number of nitrogens with zero attached hydrogens (tertiary/aromatic N) is 2. The molecule has 0 saturated carbocycles. The molecule has 2 heteroatoms. The van der Waals surface area contributed by atoms with E-state index in [-0.39, 0.29) is 5.41 Å². The van der Waals surface area contributed by atoms with Gasteiger partial charge in [-0.15, -0.1) is 0 Å². The Kier molecular flexibility index (Phi) is 9.14. The monoisotopic (exact) mass is 736 g/mol. The maximum absolute atomic E-state index is 2.41. The van der Waals surface area contributed by atoms with Gasteiger partial charge in [-0.1, -0.05) is 123 Å². The number of hydrogen-bond acceptors (Lipinski definition) is 2. The van der Waals surface area contributed by atoms with Crippen molar-refractivity contribution in [2.45, 2.75) is 47.0 Å². The molecule has 0 unspecified atom stereocenters. The number of anilines is 6. The molecule has 0 N–H and O–H groups in total. The Morgan fingerprint density at radius 2 is 0.632 bits per heavy atom. The van der Waals surface area contributed by atoms with Gasteiger partial charge in [0.2, 0.25) is 0 Å². The molecule has 0 aromatic heterocycles. The molecule has 8 aromatic rings. The Balaban J connectivity index is 1.08. The molecule has 0 fully saturated rings. The van der Waals surface area contributed by atoms with Crippen LogP contribution in [0.15, 0.2) is 182 Å². The Hall–Kier alpha value is -6.64. The highest BCUT2D eigenvalue weighted by molar-refractivity contribution is 5.87. The number of rotatable bonds is 8. The van der Waals surface area contributed by atoms with Crippen LogP contribution in [0, 0.1) is 27.7 Å². The minimum atomic E-state index is -0.0760. The third-order valence-electron chi connectivity index (χ3n) is 12.0. The molecule has 0 saturated heterocycles. The second-order valence-electron chi connectivity index (χ2n) is 16.1. The number of fused-ring (bicyclic) bond motifs is 3. The lowest BCUT2D eigenvalue weighted by Crippen LogP contribution is -2.16. The highest BCUT2D eigenvalue weighted by Crippen LogP contribution is 2.51. The third kappa shape index (κ3) is 6.42. The van der Waals surface area contributed by atoms with Crippen LogP contribution >= 0.6 is 0 Å². The summed E-state index contributed by atoms with van der Waals surface area (Å²) >= 11 is 0. The second-order valence-corrected chi connectivity index (χ2v) is 16.1. The van der Waals surface area contributed by atoms with Crippen molar-refractivity contribution in [2.75, 3.05) is 9.80 Å². The Labute approximate surface area is 338 Å². The highest BCUT2D eigenvalue weighted by atomic mass is 15.1. The van der Waals surface area contributed by atoms with E-state index >= 15 is 0 Å². The van der Waals surface area contributed by atoms with Crippen LogP contribution in [-0.2, 0) is 5.41 Å². The van der Waals surface area contributed by atoms with Crippen molar-refractivity contribution in [1.29, 1.82) is 0 Å². The van der Waals surface area contributed by atoms with Crippen molar-refractivity contribution in [2.24, 2.45) is 0 Å². The number of para-hydroxylation sites is 2. The van der Waals surface area contributed by atoms with Crippen molar-refractivity contribution >= 4 is 34.1 Å². The van der Waals surface area contributed by atoms with Crippen molar-refractivity contribution in [1.82, 2.24) is 0 Å². The van der Waals surface area contributed by atoms with Gasteiger partial charge in [0.05, 0.1) is 0 Å². The lowest BCUT2D eigenvalue weighted by molar-refractivity contribution is 0.660. The van der Waals surface area contributed by atoms with Crippen molar-refractivity contribution < 1.29 is 0 Å². The van der Waals surface area contributed by atoms with Crippen LogP contribution in [0.25, 0.3) is 33.4 Å². The van der Waals surface area contributed by atoms with Crippen LogP contribution in [0.5, 0.6) is 0 Å². The van der Waals surface area contributed by atoms with E-state index in [4.69, 9.17) is 0 Å². The highest BCUT2D eigenvalue weighted by Gasteiger charge is 2.35. The predicted molar refractivity (Wildman–Crippen MR) is 243 cm³/mol. The summed E-state index contributed by atoms with van der Waals surface area (Å²) in [5.74, 6) is 0. The smallest absolute Gasteiger partial charge is 0.0465 e. The fraction of sp³-hybridized carbons (Fsp3) is 0.127. The van der Waals surface area contributed by atoms with Gasteiger partial charge in [-0.05, 0) is 167 Å². The van der Waals surface area contributed by atoms with Crippen molar-refractivity contribution in [3.8, 4) is 33.4 Å². The summed E-state index contributed by atoms with van der Waals surface area (Å²) in [6, 6.07) is 66.6. The quantitative estimate of drug-likeness (QED) is 0.153. The number of aryl methyl sites for hydroxylation is 4. The van der Waals surface area contributed by atoms with E-state index in [2.05, 4.69) is 233 Å². The summed E-state index contributed by atoms with van der Waals surface area (Å²) in [6.45, 7) is 13.6. The maximum atomic E-state index is 2.41. The summed E-state index contributed by atoms with van der Waals surface area (Å²) < 4.78 is 0. The fourth-order valence-corrected chi connectivity index (χ4v) is 9.02. The zero-order chi connectivity index (χ0) is 39.3. The molecule has 57 heavy (non-hydrogen) atoms. The Morgan fingerprint density at radius 1 is 0.281 bits per heavy atom. The minimum absolute atomic E-state index is 0.0760. The molecule has 0 amide bonds. The molecule has 1 aliphatic rings. The molecule has 0 bridgehead atoms. The average molecular weight is 737 g/mol. The first kappa shape index (κ1) is 36.0. The van der Waals surface area contributed by atoms with Gasteiger partial charge in [0.15, 0.2) is 0 Å². The lowest BCUT2D eigenvalue weighted by atomic mass is 9.82. The topological polar surface area (TPSA) is 6.48 Å².